The number of aromatic nitrogens is 2. The number of carbonyl (C=O) groups is 2. The van der Waals surface area contributed by atoms with Crippen molar-refractivity contribution in [1.82, 2.24) is 20.4 Å². The zero-order valence-corrected chi connectivity index (χ0v) is 14.7. The van der Waals surface area contributed by atoms with Gasteiger partial charge in [0.05, 0.1) is 12.2 Å². The molecule has 0 bridgehead atoms. The van der Waals surface area contributed by atoms with Crippen LogP contribution in [-0.2, 0) is 29.0 Å². The maximum atomic E-state index is 12.7. The van der Waals surface area contributed by atoms with E-state index < -0.39 is 0 Å². The lowest BCUT2D eigenvalue weighted by molar-refractivity contribution is -0.144. The van der Waals surface area contributed by atoms with E-state index in [4.69, 9.17) is 0 Å². The molecule has 1 atom stereocenters. The Balaban J connectivity index is 1.63. The van der Waals surface area contributed by atoms with Gasteiger partial charge in [0.2, 0.25) is 11.8 Å². The molecule has 2 amide bonds. The van der Waals surface area contributed by atoms with Gasteiger partial charge in [-0.15, -0.1) is 0 Å². The number of nitrogens with one attached hydrogen (secondary N) is 2. The molecule has 6 nitrogen and oxygen atoms in total. The van der Waals surface area contributed by atoms with E-state index in [0.717, 1.165) is 37.8 Å². The van der Waals surface area contributed by atoms with E-state index in [0.29, 0.717) is 13.1 Å². The summed E-state index contributed by atoms with van der Waals surface area (Å²) < 4.78 is 0. The van der Waals surface area contributed by atoms with Gasteiger partial charge in [-0.25, -0.2) is 0 Å². The molecule has 2 heterocycles. The maximum Gasteiger partial charge on any atom is 0.243 e. The van der Waals surface area contributed by atoms with E-state index in [1.54, 1.807) is 4.90 Å². The zero-order valence-electron chi connectivity index (χ0n) is 14.7. The monoisotopic (exact) mass is 332 g/mol. The first kappa shape index (κ1) is 17.0. The Morgan fingerprint density at radius 1 is 1.25 bits per heavy atom. The van der Waals surface area contributed by atoms with Crippen LogP contribution in [0.3, 0.4) is 0 Å². The molecule has 3 rings (SSSR count). The van der Waals surface area contributed by atoms with Gasteiger partial charge in [-0.3, -0.25) is 14.7 Å². The smallest absolute Gasteiger partial charge is 0.243 e. The fraction of sp³-hybridized carbons (Fsp3) is 0.722. The Morgan fingerprint density at radius 2 is 2.04 bits per heavy atom. The Labute approximate surface area is 143 Å². The van der Waals surface area contributed by atoms with Crippen molar-refractivity contribution < 1.29 is 9.59 Å². The van der Waals surface area contributed by atoms with Crippen molar-refractivity contribution in [2.45, 2.75) is 71.4 Å². The zero-order chi connectivity index (χ0) is 17.1. The largest absolute Gasteiger partial charge is 0.349 e. The van der Waals surface area contributed by atoms with Crippen LogP contribution in [0.2, 0.25) is 0 Å². The summed E-state index contributed by atoms with van der Waals surface area (Å²) in [5.41, 5.74) is 3.45. The van der Waals surface area contributed by atoms with Crippen molar-refractivity contribution in [2.24, 2.45) is 5.92 Å². The molecule has 1 aliphatic carbocycles. The van der Waals surface area contributed by atoms with Gasteiger partial charge in [0, 0.05) is 18.2 Å². The summed E-state index contributed by atoms with van der Waals surface area (Å²) in [6.07, 6.45) is 7.21. The number of hydrogen-bond donors (Lipinski definition) is 2. The summed E-state index contributed by atoms with van der Waals surface area (Å²) in [6, 6.07) is -0.330. The Bertz CT molecular complexity index is 608. The lowest BCUT2D eigenvalue weighted by atomic mass is 9.96. The third-order valence-electron chi connectivity index (χ3n) is 5.15. The number of aromatic amines is 1. The standard InChI is InChI=1S/C18H28N4O2/c1-12(2)18(24)22-10-6-5-9-16(22)17(23)19-11-15-13-7-3-4-8-14(13)20-21-15/h12,16H,3-11H2,1-2H3,(H,19,23)(H,20,21). The second kappa shape index (κ2) is 7.36. The number of piperidine rings is 1. The highest BCUT2D eigenvalue weighted by molar-refractivity contribution is 5.88. The third kappa shape index (κ3) is 3.47. The molecule has 6 heteroatoms. The number of likely N-dealkylation sites (tertiary alicyclic amines) is 1. The van der Waals surface area contributed by atoms with E-state index in [2.05, 4.69) is 15.5 Å². The molecule has 132 valence electrons. The van der Waals surface area contributed by atoms with Gasteiger partial charge >= 0.3 is 0 Å². The highest BCUT2D eigenvalue weighted by atomic mass is 16.2. The average Bonchev–Trinajstić information content (AvgIpc) is 3.02. The van der Waals surface area contributed by atoms with E-state index >= 15 is 0 Å². The van der Waals surface area contributed by atoms with Crippen molar-refractivity contribution in [1.29, 1.82) is 0 Å². The molecule has 2 aliphatic rings. The van der Waals surface area contributed by atoms with Crippen LogP contribution in [0.25, 0.3) is 0 Å². The van der Waals surface area contributed by atoms with E-state index in [1.165, 1.54) is 24.1 Å². The maximum absolute atomic E-state index is 12.7. The first-order valence-electron chi connectivity index (χ1n) is 9.21. The Hall–Kier alpha value is -1.85. The van der Waals surface area contributed by atoms with Crippen molar-refractivity contribution in [3.8, 4) is 0 Å². The highest BCUT2D eigenvalue weighted by Gasteiger charge is 2.33. The topological polar surface area (TPSA) is 78.1 Å². The molecular weight excluding hydrogens is 304 g/mol. The summed E-state index contributed by atoms with van der Waals surface area (Å²) >= 11 is 0. The Kier molecular flexibility index (Phi) is 5.21. The minimum absolute atomic E-state index is 0.0451. The van der Waals surface area contributed by atoms with Crippen molar-refractivity contribution in [2.75, 3.05) is 6.54 Å². The molecule has 0 radical (unpaired) electrons. The predicted molar refractivity (Wildman–Crippen MR) is 91.3 cm³/mol. The van der Waals surface area contributed by atoms with Gasteiger partial charge in [-0.05, 0) is 50.5 Å². The molecule has 1 unspecified atom stereocenters. The number of aryl methyl sites for hydroxylation is 1. The van der Waals surface area contributed by atoms with Crippen LogP contribution in [-0.4, -0.2) is 39.5 Å². The minimum atomic E-state index is -0.330. The van der Waals surface area contributed by atoms with Crippen molar-refractivity contribution in [3.05, 3.63) is 17.0 Å². The molecule has 1 aromatic heterocycles. The lowest BCUT2D eigenvalue weighted by Gasteiger charge is -2.35. The van der Waals surface area contributed by atoms with Gasteiger partial charge < -0.3 is 10.2 Å². The summed E-state index contributed by atoms with van der Waals surface area (Å²) in [5.74, 6) is -0.0417. The molecule has 0 spiro atoms. The van der Waals surface area contributed by atoms with Crippen LogP contribution in [0.1, 0.15) is 62.9 Å². The third-order valence-corrected chi connectivity index (χ3v) is 5.15. The first-order chi connectivity index (χ1) is 11.6. The van der Waals surface area contributed by atoms with E-state index in [9.17, 15) is 9.59 Å². The molecular formula is C18H28N4O2. The number of hydrogen-bond acceptors (Lipinski definition) is 3. The molecule has 0 aromatic carbocycles. The summed E-state index contributed by atoms with van der Waals surface area (Å²) in [6.45, 7) is 4.92. The number of amides is 2. The van der Waals surface area contributed by atoms with Crippen LogP contribution < -0.4 is 5.32 Å². The van der Waals surface area contributed by atoms with Crippen LogP contribution in [0.4, 0.5) is 0 Å². The molecule has 2 N–H and O–H groups in total. The lowest BCUT2D eigenvalue weighted by Crippen LogP contribution is -2.52. The second-order valence-corrected chi connectivity index (χ2v) is 7.25. The Morgan fingerprint density at radius 3 is 2.83 bits per heavy atom. The molecule has 1 fully saturated rings. The molecule has 1 aliphatic heterocycles. The fourth-order valence-corrected chi connectivity index (χ4v) is 3.78. The van der Waals surface area contributed by atoms with Gasteiger partial charge in [0.15, 0.2) is 0 Å². The number of carbonyl (C=O) groups excluding carboxylic acids is 2. The van der Waals surface area contributed by atoms with Crippen molar-refractivity contribution in [3.63, 3.8) is 0 Å². The number of nitrogens with zero attached hydrogens (tertiary/aromatic N) is 2. The fourth-order valence-electron chi connectivity index (χ4n) is 3.78. The summed E-state index contributed by atoms with van der Waals surface area (Å²) in [4.78, 5) is 26.8. The molecule has 0 saturated carbocycles. The molecule has 1 saturated heterocycles. The normalized spacial score (nSPS) is 20.8. The molecule has 1 aromatic rings. The SMILES string of the molecule is CC(C)C(=O)N1CCCCC1C(=O)NCc1n[nH]c2c1CCCC2. The summed E-state index contributed by atoms with van der Waals surface area (Å²) in [7, 11) is 0. The van der Waals surface area contributed by atoms with E-state index in [1.807, 2.05) is 13.8 Å². The summed E-state index contributed by atoms with van der Waals surface area (Å²) in [5, 5.41) is 10.5. The van der Waals surface area contributed by atoms with Gasteiger partial charge in [-0.2, -0.15) is 5.10 Å². The van der Waals surface area contributed by atoms with Gasteiger partial charge in [0.25, 0.3) is 0 Å². The predicted octanol–water partition coefficient (Wildman–Crippen LogP) is 1.94. The van der Waals surface area contributed by atoms with Crippen LogP contribution in [0.15, 0.2) is 0 Å². The van der Waals surface area contributed by atoms with Gasteiger partial charge in [0.1, 0.15) is 6.04 Å². The number of H-pyrrole nitrogens is 1. The second-order valence-electron chi connectivity index (χ2n) is 7.25. The minimum Gasteiger partial charge on any atom is -0.349 e. The van der Waals surface area contributed by atoms with Crippen LogP contribution >= 0.6 is 0 Å². The quantitative estimate of drug-likeness (QED) is 0.884. The van der Waals surface area contributed by atoms with Crippen LogP contribution in [0.5, 0.6) is 0 Å². The highest BCUT2D eigenvalue weighted by Crippen LogP contribution is 2.23. The number of rotatable bonds is 4. The van der Waals surface area contributed by atoms with Crippen LogP contribution in [0, 0.1) is 5.92 Å². The van der Waals surface area contributed by atoms with Gasteiger partial charge in [-0.1, -0.05) is 13.8 Å². The number of fused-ring (bicyclic) bond motifs is 1. The molecule has 24 heavy (non-hydrogen) atoms. The van der Waals surface area contributed by atoms with Crippen molar-refractivity contribution >= 4 is 11.8 Å². The first-order valence-corrected chi connectivity index (χ1v) is 9.21. The van der Waals surface area contributed by atoms with E-state index in [-0.39, 0.29) is 23.8 Å². The average molecular weight is 332 g/mol.